The maximum Gasteiger partial charge on any atom is 0.408 e. The number of ether oxygens (including phenoxy) is 2. The highest BCUT2D eigenvalue weighted by Crippen LogP contribution is 2.34. The second-order valence-corrected chi connectivity index (χ2v) is 9.17. The lowest BCUT2D eigenvalue weighted by molar-refractivity contribution is -0.151. The van der Waals surface area contributed by atoms with Gasteiger partial charge in [0.05, 0.1) is 7.11 Å². The molecule has 0 spiro atoms. The first kappa shape index (κ1) is 23.0. The lowest BCUT2D eigenvalue weighted by Crippen LogP contribution is -2.59. The number of methoxy groups -OCH3 is 1. The van der Waals surface area contributed by atoms with Gasteiger partial charge in [-0.15, -0.1) is 0 Å². The van der Waals surface area contributed by atoms with Gasteiger partial charge in [0.15, 0.2) is 0 Å². The maximum absolute atomic E-state index is 13.0. The third-order valence-corrected chi connectivity index (χ3v) is 5.13. The molecule has 29 heavy (non-hydrogen) atoms. The van der Waals surface area contributed by atoms with E-state index in [1.807, 2.05) is 0 Å². The summed E-state index contributed by atoms with van der Waals surface area (Å²) in [5, 5.41) is 8.08. The Morgan fingerprint density at radius 3 is 2.31 bits per heavy atom. The topological polar surface area (TPSA) is 123 Å². The number of alkyl carbamates (subject to hydrolysis) is 1. The van der Waals surface area contributed by atoms with Crippen LogP contribution in [0.1, 0.15) is 59.8 Å². The van der Waals surface area contributed by atoms with Gasteiger partial charge in [0.1, 0.15) is 17.2 Å². The molecule has 2 fully saturated rings. The molecule has 164 valence electrons. The molecular formula is C20H33N3O6. The second kappa shape index (κ2) is 9.00. The number of rotatable bonds is 8. The van der Waals surface area contributed by atoms with Gasteiger partial charge in [0.25, 0.3) is 0 Å². The minimum atomic E-state index is -1.38. The van der Waals surface area contributed by atoms with E-state index in [9.17, 15) is 19.2 Å². The largest absolute Gasteiger partial charge is 0.467 e. The van der Waals surface area contributed by atoms with E-state index in [0.717, 1.165) is 12.8 Å². The molecule has 2 aliphatic rings. The van der Waals surface area contributed by atoms with Crippen LogP contribution in [0.25, 0.3) is 0 Å². The molecule has 1 heterocycles. The first-order chi connectivity index (χ1) is 13.4. The Kier molecular flexibility index (Phi) is 7.13. The molecule has 0 aromatic rings. The van der Waals surface area contributed by atoms with Gasteiger partial charge < -0.3 is 25.4 Å². The van der Waals surface area contributed by atoms with E-state index in [1.54, 1.807) is 27.7 Å². The van der Waals surface area contributed by atoms with Crippen LogP contribution >= 0.6 is 0 Å². The highest BCUT2D eigenvalue weighted by atomic mass is 16.6. The van der Waals surface area contributed by atoms with E-state index in [4.69, 9.17) is 9.47 Å². The van der Waals surface area contributed by atoms with Crippen LogP contribution in [-0.2, 0) is 23.9 Å². The minimum absolute atomic E-state index is 0.125. The fraction of sp³-hybridized carbons (Fsp3) is 0.800. The summed E-state index contributed by atoms with van der Waals surface area (Å²) in [7, 11) is 1.24. The molecule has 0 bridgehead atoms. The van der Waals surface area contributed by atoms with Crippen molar-refractivity contribution in [1.29, 1.82) is 0 Å². The predicted octanol–water partition coefficient (Wildman–Crippen LogP) is 1.25. The highest BCUT2D eigenvalue weighted by molar-refractivity contribution is 5.92. The van der Waals surface area contributed by atoms with E-state index >= 15 is 0 Å². The molecule has 2 rings (SSSR count). The average Bonchev–Trinajstić information content (AvgIpc) is 3.33. The molecule has 0 radical (unpaired) electrons. The molecule has 1 aliphatic heterocycles. The Balaban J connectivity index is 2.10. The van der Waals surface area contributed by atoms with Crippen LogP contribution in [0, 0.1) is 11.8 Å². The lowest BCUT2D eigenvalue weighted by atomic mass is 9.87. The zero-order valence-corrected chi connectivity index (χ0v) is 17.9. The second-order valence-electron chi connectivity index (χ2n) is 9.17. The van der Waals surface area contributed by atoms with Gasteiger partial charge in [-0.2, -0.15) is 0 Å². The molecule has 2 unspecified atom stereocenters. The van der Waals surface area contributed by atoms with Gasteiger partial charge >= 0.3 is 12.1 Å². The summed E-state index contributed by atoms with van der Waals surface area (Å²) >= 11 is 0. The van der Waals surface area contributed by atoms with E-state index in [2.05, 4.69) is 16.0 Å². The summed E-state index contributed by atoms with van der Waals surface area (Å²) < 4.78 is 10.2. The van der Waals surface area contributed by atoms with Crippen molar-refractivity contribution in [3.05, 3.63) is 0 Å². The van der Waals surface area contributed by atoms with E-state index in [-0.39, 0.29) is 18.2 Å². The van der Waals surface area contributed by atoms with Crippen LogP contribution in [0.2, 0.25) is 0 Å². The predicted molar refractivity (Wildman–Crippen MR) is 105 cm³/mol. The van der Waals surface area contributed by atoms with Crippen molar-refractivity contribution in [3.8, 4) is 0 Å². The standard InChI is InChI=1S/C20H33N3O6/c1-19(2,3)29-18(27)22-14(10-12-6-7-12)16(25)23-20(4,17(26)28-5)11-13-8-9-21-15(13)24/h12-14H,6-11H2,1-5H3,(H,21,24)(H,22,27)(H,23,25)/t13?,14-,20?/m0/s1. The normalized spacial score (nSPS) is 22.1. The zero-order valence-electron chi connectivity index (χ0n) is 17.9. The quantitative estimate of drug-likeness (QED) is 0.517. The number of carbonyl (C=O) groups excluding carboxylic acids is 4. The maximum atomic E-state index is 13.0. The number of esters is 1. The summed E-state index contributed by atoms with van der Waals surface area (Å²) in [6.07, 6.45) is 2.48. The van der Waals surface area contributed by atoms with Gasteiger partial charge in [-0.1, -0.05) is 12.8 Å². The molecule has 0 aromatic carbocycles. The molecule has 1 aliphatic carbocycles. The average molecular weight is 411 g/mol. The Morgan fingerprint density at radius 1 is 1.17 bits per heavy atom. The van der Waals surface area contributed by atoms with Crippen molar-refractivity contribution >= 4 is 23.9 Å². The smallest absolute Gasteiger partial charge is 0.408 e. The summed E-state index contributed by atoms with van der Waals surface area (Å²) in [6.45, 7) is 7.31. The Bertz CT molecular complexity index is 655. The molecule has 0 aromatic heterocycles. The van der Waals surface area contributed by atoms with Crippen LogP contribution in [0.3, 0.4) is 0 Å². The first-order valence-corrected chi connectivity index (χ1v) is 10.1. The summed E-state index contributed by atoms with van der Waals surface area (Å²) in [5.41, 5.74) is -2.07. The summed E-state index contributed by atoms with van der Waals surface area (Å²) in [5.74, 6) is -1.30. The van der Waals surface area contributed by atoms with Crippen molar-refractivity contribution in [2.24, 2.45) is 11.8 Å². The van der Waals surface area contributed by atoms with Crippen LogP contribution < -0.4 is 16.0 Å². The van der Waals surface area contributed by atoms with Gasteiger partial charge in [0.2, 0.25) is 11.8 Å². The number of hydrogen-bond acceptors (Lipinski definition) is 6. The molecule has 3 N–H and O–H groups in total. The molecule has 9 heteroatoms. The fourth-order valence-electron chi connectivity index (χ4n) is 3.47. The van der Waals surface area contributed by atoms with E-state index in [0.29, 0.717) is 25.3 Å². The SMILES string of the molecule is COC(=O)C(C)(CC1CCNC1=O)NC(=O)[C@H](CC1CC1)NC(=O)OC(C)(C)C. The Morgan fingerprint density at radius 2 is 1.83 bits per heavy atom. The van der Waals surface area contributed by atoms with Gasteiger partial charge in [-0.25, -0.2) is 9.59 Å². The number of amides is 3. The van der Waals surface area contributed by atoms with Crippen molar-refractivity contribution < 1.29 is 28.7 Å². The third-order valence-electron chi connectivity index (χ3n) is 5.13. The molecule has 1 saturated heterocycles. The molecule has 3 amide bonds. The first-order valence-electron chi connectivity index (χ1n) is 10.1. The Hall–Kier alpha value is -2.32. The molecule has 1 saturated carbocycles. The van der Waals surface area contributed by atoms with Gasteiger partial charge in [0, 0.05) is 12.5 Å². The highest BCUT2D eigenvalue weighted by Gasteiger charge is 2.43. The van der Waals surface area contributed by atoms with Crippen molar-refractivity contribution in [1.82, 2.24) is 16.0 Å². The van der Waals surface area contributed by atoms with Crippen LogP contribution in [0.5, 0.6) is 0 Å². The number of carbonyl (C=O) groups is 4. The van der Waals surface area contributed by atoms with Crippen molar-refractivity contribution in [2.45, 2.75) is 77.0 Å². The van der Waals surface area contributed by atoms with Gasteiger partial charge in [-0.3, -0.25) is 9.59 Å². The minimum Gasteiger partial charge on any atom is -0.467 e. The van der Waals surface area contributed by atoms with E-state index in [1.165, 1.54) is 7.11 Å². The molecular weight excluding hydrogens is 378 g/mol. The zero-order chi connectivity index (χ0) is 21.8. The van der Waals surface area contributed by atoms with Crippen molar-refractivity contribution in [2.75, 3.05) is 13.7 Å². The van der Waals surface area contributed by atoms with Crippen LogP contribution in [-0.4, -0.2) is 54.7 Å². The monoisotopic (exact) mass is 411 g/mol. The third kappa shape index (κ3) is 6.90. The summed E-state index contributed by atoms with van der Waals surface area (Å²) in [4.78, 5) is 49.6. The lowest BCUT2D eigenvalue weighted by Gasteiger charge is -2.32. The molecule has 3 atom stereocenters. The van der Waals surface area contributed by atoms with Gasteiger partial charge in [-0.05, 0) is 52.9 Å². The molecule has 9 nitrogen and oxygen atoms in total. The number of nitrogens with one attached hydrogen (secondary N) is 3. The van der Waals surface area contributed by atoms with E-state index < -0.39 is 35.2 Å². The van der Waals surface area contributed by atoms with Crippen molar-refractivity contribution in [3.63, 3.8) is 0 Å². The Labute approximate surface area is 171 Å². The summed E-state index contributed by atoms with van der Waals surface area (Å²) in [6, 6.07) is -0.835. The van der Waals surface area contributed by atoms with Crippen LogP contribution in [0.15, 0.2) is 0 Å². The van der Waals surface area contributed by atoms with Crippen LogP contribution in [0.4, 0.5) is 4.79 Å². The number of hydrogen-bond donors (Lipinski definition) is 3. The fourth-order valence-corrected chi connectivity index (χ4v) is 3.47.